The second-order valence-electron chi connectivity index (χ2n) is 7.35. The second-order valence-corrected chi connectivity index (χ2v) is 7.35. The Morgan fingerprint density at radius 2 is 1.71 bits per heavy atom. The average molecular weight is 411 g/mol. The van der Waals surface area contributed by atoms with Gasteiger partial charge in [0.2, 0.25) is 0 Å². The average Bonchev–Trinajstić information content (AvgIpc) is 3.01. The minimum absolute atomic E-state index is 0.0470. The fraction of sp³-hybridized carbons (Fsp3) is 0.611. The normalized spacial score (nSPS) is 25.2. The molecule has 0 N–H and O–H groups in total. The van der Waals surface area contributed by atoms with Gasteiger partial charge in [0.25, 0.3) is 6.10 Å². The maximum atomic E-state index is 12.5. The lowest BCUT2D eigenvalue weighted by Gasteiger charge is -2.44. The van der Waals surface area contributed by atoms with E-state index in [1.807, 2.05) is 30.3 Å². The van der Waals surface area contributed by atoms with Gasteiger partial charge in [0.05, 0.1) is 12.7 Å². The van der Waals surface area contributed by atoms with Crippen molar-refractivity contribution in [3.8, 4) is 0 Å². The van der Waals surface area contributed by atoms with Gasteiger partial charge in [-0.1, -0.05) is 30.3 Å². The first-order valence-corrected chi connectivity index (χ1v) is 8.73. The highest BCUT2D eigenvalue weighted by atomic mass is 19.4. The molecule has 1 aromatic rings. The minimum atomic E-state index is -5.71. The highest BCUT2D eigenvalue weighted by Crippen LogP contribution is 2.50. The molecule has 1 saturated carbocycles. The Bertz CT molecular complexity index is 671. The molecule has 1 heterocycles. The van der Waals surface area contributed by atoms with E-state index in [1.54, 1.807) is 0 Å². The number of carbonyl (C=O) groups excluding carboxylic acids is 1. The van der Waals surface area contributed by atoms with Gasteiger partial charge in [-0.05, 0) is 30.2 Å². The monoisotopic (exact) mass is 411 g/mol. The summed E-state index contributed by atoms with van der Waals surface area (Å²) in [6.45, 7) is 0.554. The van der Waals surface area contributed by atoms with Gasteiger partial charge in [0.1, 0.15) is 0 Å². The Morgan fingerprint density at radius 1 is 1.11 bits per heavy atom. The lowest BCUT2D eigenvalue weighted by Crippen LogP contribution is -2.49. The van der Waals surface area contributed by atoms with Gasteiger partial charge >= 0.3 is 18.4 Å². The number of ether oxygens (including phenoxy) is 2. The molecule has 1 saturated heterocycles. The number of nitrogens with zero attached hydrogens (tertiary/aromatic N) is 1. The standard InChI is InChI=1S/C18H19F6NO3/c19-17(20,21)14(18(22,23)24)28-15(26)25-7-6-16(11-25)8-13(9-16)27-10-12-4-2-1-3-5-12/h1-5,13-14H,6-11H2. The summed E-state index contributed by atoms with van der Waals surface area (Å²) in [4.78, 5) is 12.8. The number of hydrogen-bond acceptors (Lipinski definition) is 3. The summed E-state index contributed by atoms with van der Waals surface area (Å²) < 4.78 is 84.7. The van der Waals surface area contributed by atoms with Crippen molar-refractivity contribution in [1.29, 1.82) is 0 Å². The van der Waals surface area contributed by atoms with Gasteiger partial charge in [-0.15, -0.1) is 0 Å². The van der Waals surface area contributed by atoms with Crippen LogP contribution in [0.15, 0.2) is 30.3 Å². The van der Waals surface area contributed by atoms with E-state index in [-0.39, 0.29) is 24.6 Å². The van der Waals surface area contributed by atoms with Gasteiger partial charge in [-0.25, -0.2) is 4.79 Å². The molecule has 1 aliphatic heterocycles. The molecule has 0 atom stereocenters. The van der Waals surface area contributed by atoms with Crippen LogP contribution in [-0.4, -0.2) is 48.6 Å². The molecular formula is C18H19F6NO3. The largest absolute Gasteiger partial charge is 0.434 e. The van der Waals surface area contributed by atoms with E-state index >= 15 is 0 Å². The van der Waals surface area contributed by atoms with Crippen molar-refractivity contribution >= 4 is 6.09 Å². The van der Waals surface area contributed by atoms with Gasteiger partial charge < -0.3 is 14.4 Å². The summed E-state index contributed by atoms with van der Waals surface area (Å²) in [6.07, 6.45) is -15.5. The molecule has 10 heteroatoms. The quantitative estimate of drug-likeness (QED) is 0.675. The molecule has 4 nitrogen and oxygen atoms in total. The lowest BCUT2D eigenvalue weighted by atomic mass is 9.66. The molecular weight excluding hydrogens is 392 g/mol. The Hall–Kier alpha value is -1.97. The van der Waals surface area contributed by atoms with E-state index in [4.69, 9.17) is 4.74 Å². The maximum Gasteiger partial charge on any atom is 0.434 e. The number of benzene rings is 1. The molecule has 1 aromatic carbocycles. The SMILES string of the molecule is O=C(OC(C(F)(F)F)C(F)(F)F)N1CCC2(CC(OCc3ccccc3)C2)C1. The van der Waals surface area contributed by atoms with Crippen LogP contribution in [-0.2, 0) is 16.1 Å². The van der Waals surface area contributed by atoms with E-state index in [2.05, 4.69) is 4.74 Å². The Balaban J connectivity index is 1.48. The van der Waals surface area contributed by atoms with Crippen LogP contribution >= 0.6 is 0 Å². The summed E-state index contributed by atoms with van der Waals surface area (Å²) in [7, 11) is 0. The molecule has 3 rings (SSSR count). The zero-order valence-corrected chi connectivity index (χ0v) is 14.7. The third kappa shape index (κ3) is 4.71. The molecule has 0 aromatic heterocycles. The third-order valence-corrected chi connectivity index (χ3v) is 5.16. The van der Waals surface area contributed by atoms with Crippen molar-refractivity contribution in [1.82, 2.24) is 4.90 Å². The number of carbonyl (C=O) groups is 1. The van der Waals surface area contributed by atoms with E-state index < -0.39 is 24.5 Å². The van der Waals surface area contributed by atoms with E-state index in [9.17, 15) is 31.1 Å². The first-order chi connectivity index (χ1) is 13.0. The number of rotatable bonds is 4. The Morgan fingerprint density at radius 3 is 2.29 bits per heavy atom. The van der Waals surface area contributed by atoms with Gasteiger partial charge in [-0.3, -0.25) is 0 Å². The molecule has 0 bridgehead atoms. The molecule has 156 valence electrons. The maximum absolute atomic E-state index is 12.5. The zero-order chi connectivity index (χ0) is 20.6. The molecule has 0 radical (unpaired) electrons. The number of alkyl halides is 6. The van der Waals surface area contributed by atoms with Crippen molar-refractivity contribution in [3.05, 3.63) is 35.9 Å². The molecule has 28 heavy (non-hydrogen) atoms. The minimum Gasteiger partial charge on any atom is -0.426 e. The highest BCUT2D eigenvalue weighted by molar-refractivity contribution is 5.68. The molecule has 0 unspecified atom stereocenters. The molecule has 2 aliphatic rings. The van der Waals surface area contributed by atoms with Gasteiger partial charge in [0.15, 0.2) is 0 Å². The topological polar surface area (TPSA) is 38.8 Å². The van der Waals surface area contributed by atoms with Gasteiger partial charge in [-0.2, -0.15) is 26.3 Å². The van der Waals surface area contributed by atoms with Crippen LogP contribution in [0.25, 0.3) is 0 Å². The van der Waals surface area contributed by atoms with Crippen LogP contribution in [0.5, 0.6) is 0 Å². The Labute approximate surface area is 157 Å². The van der Waals surface area contributed by atoms with Crippen molar-refractivity contribution < 1.29 is 40.6 Å². The van der Waals surface area contributed by atoms with E-state index in [1.165, 1.54) is 0 Å². The summed E-state index contributed by atoms with van der Waals surface area (Å²) in [5.41, 5.74) is 0.678. The van der Waals surface area contributed by atoms with Crippen LogP contribution in [0.4, 0.5) is 31.1 Å². The molecule has 2 fully saturated rings. The molecule has 1 aliphatic carbocycles. The van der Waals surface area contributed by atoms with Crippen LogP contribution in [0.1, 0.15) is 24.8 Å². The first kappa shape index (κ1) is 20.8. The summed E-state index contributed by atoms with van der Waals surface area (Å²) in [5, 5.41) is 0. The first-order valence-electron chi connectivity index (χ1n) is 8.73. The number of hydrogen-bond donors (Lipinski definition) is 0. The number of likely N-dealkylation sites (tertiary alicyclic amines) is 1. The predicted molar refractivity (Wildman–Crippen MR) is 85.3 cm³/mol. The number of halogens is 6. The van der Waals surface area contributed by atoms with Crippen molar-refractivity contribution in [2.75, 3.05) is 13.1 Å². The summed E-state index contributed by atoms with van der Waals surface area (Å²) in [6, 6.07) is 9.49. The second kappa shape index (κ2) is 7.46. The summed E-state index contributed by atoms with van der Waals surface area (Å²) >= 11 is 0. The molecule has 1 spiro atoms. The zero-order valence-electron chi connectivity index (χ0n) is 14.7. The third-order valence-electron chi connectivity index (χ3n) is 5.16. The van der Waals surface area contributed by atoms with E-state index in [0.717, 1.165) is 10.5 Å². The fourth-order valence-corrected chi connectivity index (χ4v) is 3.73. The predicted octanol–water partition coefficient (Wildman–Crippen LogP) is 4.69. The van der Waals surface area contributed by atoms with Crippen LogP contribution < -0.4 is 0 Å². The Kier molecular flexibility index (Phi) is 5.53. The summed E-state index contributed by atoms with van der Waals surface area (Å²) in [5.74, 6) is 0. The van der Waals surface area contributed by atoms with Crippen LogP contribution in [0, 0.1) is 5.41 Å². The van der Waals surface area contributed by atoms with Crippen LogP contribution in [0.3, 0.4) is 0 Å². The number of amides is 1. The van der Waals surface area contributed by atoms with Crippen LogP contribution in [0.2, 0.25) is 0 Å². The lowest BCUT2D eigenvalue weighted by molar-refractivity contribution is -0.308. The van der Waals surface area contributed by atoms with Crippen molar-refractivity contribution in [2.45, 2.75) is 50.4 Å². The highest BCUT2D eigenvalue weighted by Gasteiger charge is 2.60. The van der Waals surface area contributed by atoms with E-state index in [0.29, 0.717) is 25.9 Å². The van der Waals surface area contributed by atoms with Crippen molar-refractivity contribution in [3.63, 3.8) is 0 Å². The van der Waals surface area contributed by atoms with Gasteiger partial charge in [0, 0.05) is 13.1 Å². The fourth-order valence-electron chi connectivity index (χ4n) is 3.73. The van der Waals surface area contributed by atoms with Crippen molar-refractivity contribution in [2.24, 2.45) is 5.41 Å². The molecule has 1 amide bonds. The smallest absolute Gasteiger partial charge is 0.426 e.